The van der Waals surface area contributed by atoms with Crippen LogP contribution in [-0.4, -0.2) is 96.7 Å². The van der Waals surface area contributed by atoms with Crippen LogP contribution in [0.4, 0.5) is 0 Å². The number of esters is 4. The molecule has 17 nitrogen and oxygen atoms in total. The number of unbranched alkanes of at least 4 members (excludes halogenated alkanes) is 64. The number of aliphatic hydroxyl groups is 1. The summed E-state index contributed by atoms with van der Waals surface area (Å²) in [7, 11) is -9.94. The number of ether oxygens (including phenoxy) is 4. The number of aliphatic hydroxyl groups excluding tert-OH is 1. The second-order valence-corrected chi connectivity index (χ2v) is 36.4. The Morgan fingerprint density at radius 3 is 0.613 bits per heavy atom. The van der Waals surface area contributed by atoms with Crippen molar-refractivity contribution in [2.75, 3.05) is 39.6 Å². The van der Waals surface area contributed by atoms with Gasteiger partial charge < -0.3 is 33.8 Å². The molecule has 0 fully saturated rings. The van der Waals surface area contributed by atoms with E-state index in [9.17, 15) is 43.2 Å². The first-order valence-corrected chi connectivity index (χ1v) is 50.6. The van der Waals surface area contributed by atoms with Gasteiger partial charge in [-0.3, -0.25) is 37.3 Å². The van der Waals surface area contributed by atoms with Crippen molar-refractivity contribution >= 4 is 39.5 Å². The predicted molar refractivity (Wildman–Crippen MR) is 460 cm³/mol. The van der Waals surface area contributed by atoms with Gasteiger partial charge in [0.2, 0.25) is 0 Å². The van der Waals surface area contributed by atoms with Crippen LogP contribution in [0.3, 0.4) is 0 Å². The lowest BCUT2D eigenvalue weighted by atomic mass is 10.0. The topological polar surface area (TPSA) is 237 Å². The molecule has 0 bridgehead atoms. The van der Waals surface area contributed by atoms with Crippen LogP contribution in [0.2, 0.25) is 0 Å². The molecule has 5 atom stereocenters. The van der Waals surface area contributed by atoms with E-state index >= 15 is 0 Å². The summed E-state index contributed by atoms with van der Waals surface area (Å²) in [6, 6.07) is 0. The largest absolute Gasteiger partial charge is 0.472 e. The van der Waals surface area contributed by atoms with Gasteiger partial charge in [-0.05, 0) is 31.6 Å². The van der Waals surface area contributed by atoms with Crippen molar-refractivity contribution < 1.29 is 80.2 Å². The molecule has 0 radical (unpaired) electrons. The number of hydrogen-bond acceptors (Lipinski definition) is 15. The number of phosphoric ester groups is 2. The summed E-state index contributed by atoms with van der Waals surface area (Å²) in [6.07, 6.45) is 80.7. The smallest absolute Gasteiger partial charge is 0.462 e. The third kappa shape index (κ3) is 85.8. The SMILES string of the molecule is CCCCCCCCCCCCCCCCCCCCCCCC(=O)O[C@H](COC(=O)CCCCCCCCCCCCCCCCCCCCC)COP(=O)(O)OC[C@@H](O)COP(=O)(O)OC[C@@H](COC(=O)CCCCCCCCCCCC(C)C)OC(=O)CCCCCCCCCCCCCCCCCCCCC. The first kappa shape index (κ1) is 109. The summed E-state index contributed by atoms with van der Waals surface area (Å²) in [4.78, 5) is 73.5. The molecule has 19 heteroatoms. The molecule has 0 amide bonds. The molecule has 0 aromatic heterocycles. The van der Waals surface area contributed by atoms with Gasteiger partial charge in [0.1, 0.15) is 19.3 Å². The lowest BCUT2D eigenvalue weighted by Crippen LogP contribution is -2.30. The van der Waals surface area contributed by atoms with Crippen molar-refractivity contribution in [3.63, 3.8) is 0 Å². The Kier molecular flexibility index (Phi) is 83.0. The Bertz CT molecular complexity index is 2100. The highest BCUT2D eigenvalue weighted by molar-refractivity contribution is 7.47. The van der Waals surface area contributed by atoms with Crippen molar-refractivity contribution in [1.82, 2.24) is 0 Å². The van der Waals surface area contributed by atoms with Crippen LogP contribution in [0, 0.1) is 5.92 Å². The molecule has 3 N–H and O–H groups in total. The van der Waals surface area contributed by atoms with E-state index in [4.69, 9.17) is 37.0 Å². The van der Waals surface area contributed by atoms with Crippen molar-refractivity contribution in [2.45, 2.75) is 522 Å². The van der Waals surface area contributed by atoms with E-state index in [0.29, 0.717) is 25.7 Å². The van der Waals surface area contributed by atoms with Crippen LogP contribution >= 0.6 is 15.6 Å². The zero-order valence-corrected chi connectivity index (χ0v) is 74.9. The first-order chi connectivity index (χ1) is 54.0. The third-order valence-electron chi connectivity index (χ3n) is 21.8. The third-order valence-corrected chi connectivity index (χ3v) is 23.7. The van der Waals surface area contributed by atoms with Gasteiger partial charge in [0.05, 0.1) is 26.4 Å². The van der Waals surface area contributed by atoms with E-state index in [2.05, 4.69) is 34.6 Å². The molecule has 0 aliphatic rings. The molecule has 0 aliphatic heterocycles. The monoisotopic (exact) mass is 1620 g/mol. The number of carbonyl (C=O) groups is 4. The Morgan fingerprint density at radius 1 is 0.243 bits per heavy atom. The normalized spacial score (nSPS) is 13.7. The second-order valence-electron chi connectivity index (χ2n) is 33.5. The molecular weight excluding hydrogens is 1440 g/mol. The first-order valence-electron chi connectivity index (χ1n) is 47.6. The van der Waals surface area contributed by atoms with Gasteiger partial charge in [-0.2, -0.15) is 0 Å². The Labute approximate surface area is 683 Å². The highest BCUT2D eigenvalue weighted by Crippen LogP contribution is 2.45. The van der Waals surface area contributed by atoms with Crippen LogP contribution in [0.15, 0.2) is 0 Å². The summed E-state index contributed by atoms with van der Waals surface area (Å²) in [5.41, 5.74) is 0. The summed E-state index contributed by atoms with van der Waals surface area (Å²) in [5.74, 6) is -1.35. The van der Waals surface area contributed by atoms with Crippen LogP contribution in [0.1, 0.15) is 503 Å². The molecule has 2 unspecified atom stereocenters. The maximum atomic E-state index is 13.2. The summed E-state index contributed by atoms with van der Waals surface area (Å²) < 4.78 is 69.1. The summed E-state index contributed by atoms with van der Waals surface area (Å²) in [6.45, 7) is 7.39. The molecule has 0 heterocycles. The second kappa shape index (κ2) is 84.5. The molecule has 0 aromatic carbocycles. The Morgan fingerprint density at radius 2 is 0.414 bits per heavy atom. The van der Waals surface area contributed by atoms with Crippen molar-refractivity contribution in [3.8, 4) is 0 Å². The lowest BCUT2D eigenvalue weighted by Gasteiger charge is -2.21. The fourth-order valence-corrected chi connectivity index (χ4v) is 16.1. The predicted octanol–water partition coefficient (Wildman–Crippen LogP) is 28.7. The Hall–Kier alpha value is -1.94. The minimum absolute atomic E-state index is 0.109. The van der Waals surface area contributed by atoms with Crippen molar-refractivity contribution in [1.29, 1.82) is 0 Å². The fourth-order valence-electron chi connectivity index (χ4n) is 14.5. The Balaban J connectivity index is 5.24. The van der Waals surface area contributed by atoms with Crippen LogP contribution in [0.5, 0.6) is 0 Å². The van der Waals surface area contributed by atoms with Gasteiger partial charge >= 0.3 is 39.5 Å². The maximum Gasteiger partial charge on any atom is 0.472 e. The van der Waals surface area contributed by atoms with E-state index in [1.807, 2.05) is 0 Å². The van der Waals surface area contributed by atoms with Crippen LogP contribution in [-0.2, 0) is 65.4 Å². The number of hydrogen-bond donors (Lipinski definition) is 3. The standard InChI is InChI=1S/C92H180O17P2/c1-6-9-12-15-18-21-24-27-30-33-36-37-40-43-46-49-52-57-63-68-73-77-91(96)108-87(81-102-89(94)75-70-65-60-55-50-47-44-41-38-34-31-28-25-22-19-16-13-10-7-2)83-106-110(98,99)104-79-86(93)80-105-111(100,101)107-84-88(82-103-90(95)76-71-66-61-58-53-54-59-64-69-74-85(4)5)109-92(97)78-72-67-62-56-51-48-45-42-39-35-32-29-26-23-20-17-14-11-8-3/h85-88,93H,6-84H2,1-5H3,(H,98,99)(H,100,101)/t86-,87-,88-/m1/s1. The highest BCUT2D eigenvalue weighted by Gasteiger charge is 2.31. The van der Waals surface area contributed by atoms with Crippen molar-refractivity contribution in [3.05, 3.63) is 0 Å². The van der Waals surface area contributed by atoms with Gasteiger partial charge in [-0.15, -0.1) is 0 Å². The van der Waals surface area contributed by atoms with Gasteiger partial charge in [-0.25, -0.2) is 9.13 Å². The molecule has 0 rings (SSSR count). The molecule has 660 valence electrons. The summed E-state index contributed by atoms with van der Waals surface area (Å²) >= 11 is 0. The van der Waals surface area contributed by atoms with E-state index < -0.39 is 97.5 Å². The van der Waals surface area contributed by atoms with Crippen molar-refractivity contribution in [2.24, 2.45) is 5.92 Å². The molecule has 0 spiro atoms. The zero-order chi connectivity index (χ0) is 81.1. The minimum Gasteiger partial charge on any atom is -0.462 e. The molecule has 111 heavy (non-hydrogen) atoms. The van der Waals surface area contributed by atoms with Gasteiger partial charge in [-0.1, -0.05) is 452 Å². The quantitative estimate of drug-likeness (QED) is 0.0222. The molecule has 0 aliphatic carbocycles. The number of phosphoric acid groups is 2. The number of rotatable bonds is 92. The van der Waals surface area contributed by atoms with E-state index in [1.54, 1.807) is 0 Å². The fraction of sp³-hybridized carbons (Fsp3) is 0.957. The highest BCUT2D eigenvalue weighted by atomic mass is 31.2. The molecule has 0 aromatic rings. The molecule has 0 saturated carbocycles. The average Bonchev–Trinajstić information content (AvgIpc) is 0.898. The maximum absolute atomic E-state index is 13.2. The minimum atomic E-state index is -4.97. The van der Waals surface area contributed by atoms with Crippen LogP contribution in [0.25, 0.3) is 0 Å². The molecule has 0 saturated heterocycles. The molecular formula is C92H180O17P2. The summed E-state index contributed by atoms with van der Waals surface area (Å²) in [5, 5.41) is 10.7. The van der Waals surface area contributed by atoms with Crippen LogP contribution < -0.4 is 0 Å². The lowest BCUT2D eigenvalue weighted by molar-refractivity contribution is -0.161. The van der Waals surface area contributed by atoms with Gasteiger partial charge in [0, 0.05) is 25.7 Å². The van der Waals surface area contributed by atoms with E-state index in [0.717, 1.165) is 95.8 Å². The average molecular weight is 1620 g/mol. The van der Waals surface area contributed by atoms with E-state index in [1.165, 1.54) is 327 Å². The van der Waals surface area contributed by atoms with E-state index in [-0.39, 0.29) is 25.7 Å². The van der Waals surface area contributed by atoms with Gasteiger partial charge in [0.25, 0.3) is 0 Å². The number of carbonyl (C=O) groups excluding carboxylic acids is 4. The van der Waals surface area contributed by atoms with Gasteiger partial charge in [0.15, 0.2) is 12.2 Å². The zero-order valence-electron chi connectivity index (χ0n) is 73.1.